The monoisotopic (exact) mass is 678 g/mol. The second-order valence-corrected chi connectivity index (χ2v) is 14.5. The van der Waals surface area contributed by atoms with Crippen LogP contribution in [0.25, 0.3) is 11.0 Å². The van der Waals surface area contributed by atoms with Crippen molar-refractivity contribution in [2.45, 2.75) is 96.9 Å². The Kier molecular flexibility index (Phi) is 10.3. The number of carbonyl (C=O) groups excluding carboxylic acids is 2. The largest absolute Gasteiger partial charge is 0.483 e. The van der Waals surface area contributed by atoms with Crippen molar-refractivity contribution in [2.75, 3.05) is 6.61 Å². The molecule has 0 aliphatic carbocycles. The fraction of sp³-hybridized carbons (Fsp3) is 0.405. The minimum atomic E-state index is -1.15. The molecule has 3 aromatic carbocycles. The summed E-state index contributed by atoms with van der Waals surface area (Å²) in [7, 11) is 0. The van der Waals surface area contributed by atoms with Crippen LogP contribution in [0, 0.1) is 5.92 Å². The Morgan fingerprint density at radius 1 is 0.900 bits per heavy atom. The van der Waals surface area contributed by atoms with Crippen molar-refractivity contribution in [2.24, 2.45) is 5.92 Å². The summed E-state index contributed by atoms with van der Waals surface area (Å²) in [5, 5.41) is 10.7. The molecular weight excluding hydrogens is 632 g/mol. The maximum Gasteiger partial charge on any atom is 0.339 e. The topological polar surface area (TPSA) is 112 Å². The maximum atomic E-state index is 14.1. The summed E-state index contributed by atoms with van der Waals surface area (Å²) >= 11 is 0. The Hall–Kier alpha value is -4.69. The van der Waals surface area contributed by atoms with E-state index in [1.165, 1.54) is 5.56 Å². The van der Waals surface area contributed by atoms with Crippen molar-refractivity contribution in [3.63, 3.8) is 0 Å². The van der Waals surface area contributed by atoms with Gasteiger partial charge in [0.1, 0.15) is 16.9 Å². The first-order valence-corrected chi connectivity index (χ1v) is 17.5. The molecule has 262 valence electrons. The van der Waals surface area contributed by atoms with Crippen LogP contribution in [0.2, 0.25) is 0 Å². The fourth-order valence-electron chi connectivity index (χ4n) is 7.08. The summed E-state index contributed by atoms with van der Waals surface area (Å²) in [6, 6.07) is 23.9. The van der Waals surface area contributed by atoms with E-state index in [0.717, 1.165) is 24.0 Å². The second-order valence-electron chi connectivity index (χ2n) is 14.5. The van der Waals surface area contributed by atoms with Gasteiger partial charge in [-0.2, -0.15) is 0 Å². The molecule has 3 aliphatic heterocycles. The highest BCUT2D eigenvalue weighted by Crippen LogP contribution is 2.47. The number of fused-ring (bicyclic) bond motifs is 13. The fourth-order valence-corrected chi connectivity index (χ4v) is 7.08. The molecule has 0 saturated carbocycles. The lowest BCUT2D eigenvalue weighted by Crippen LogP contribution is -2.52. The van der Waals surface area contributed by atoms with Crippen molar-refractivity contribution < 1.29 is 33.3 Å². The number of hydrogen-bond donors (Lipinski definition) is 1. The van der Waals surface area contributed by atoms with Gasteiger partial charge in [0.15, 0.2) is 12.2 Å². The van der Waals surface area contributed by atoms with Crippen molar-refractivity contribution in [3.8, 4) is 5.75 Å². The molecule has 0 radical (unpaired) electrons. The van der Waals surface area contributed by atoms with Gasteiger partial charge in [-0.3, -0.25) is 4.79 Å². The SMILES string of the molecule is C/C(CO)=C1\CCc2ccc(cc2)C[C@H](CCc2ccccc2)CC(=O)O[C@@H]2c3c(ccc4cc(C(C)C)c(=O)oc34)OC(C)(C)[C@H]2OC1=O. The van der Waals surface area contributed by atoms with Gasteiger partial charge in [-0.1, -0.05) is 68.4 Å². The zero-order valence-electron chi connectivity index (χ0n) is 29.5. The van der Waals surface area contributed by atoms with Crippen LogP contribution in [0.1, 0.15) is 93.7 Å². The van der Waals surface area contributed by atoms with E-state index < -0.39 is 35.4 Å². The van der Waals surface area contributed by atoms with Crippen LogP contribution in [-0.4, -0.2) is 35.4 Å². The van der Waals surface area contributed by atoms with E-state index >= 15 is 0 Å². The number of aliphatic hydroxyl groups excluding tert-OH is 1. The molecule has 0 saturated heterocycles. The molecule has 8 heteroatoms. The summed E-state index contributed by atoms with van der Waals surface area (Å²) < 4.78 is 25.1. The van der Waals surface area contributed by atoms with E-state index in [-0.39, 0.29) is 30.4 Å². The molecule has 0 spiro atoms. The lowest BCUT2D eigenvalue weighted by Gasteiger charge is -2.43. The van der Waals surface area contributed by atoms with E-state index in [1.807, 2.05) is 38.1 Å². The van der Waals surface area contributed by atoms with Gasteiger partial charge in [0.05, 0.1) is 12.2 Å². The summed E-state index contributed by atoms with van der Waals surface area (Å²) in [5.41, 5.74) is 3.65. The zero-order chi connectivity index (χ0) is 35.6. The van der Waals surface area contributed by atoms with Crippen molar-refractivity contribution in [3.05, 3.63) is 122 Å². The van der Waals surface area contributed by atoms with Gasteiger partial charge in [0, 0.05) is 22.9 Å². The summed E-state index contributed by atoms with van der Waals surface area (Å²) in [6.45, 7) is 8.79. The van der Waals surface area contributed by atoms with E-state index in [4.69, 9.17) is 18.6 Å². The number of rotatable bonds is 5. The zero-order valence-corrected chi connectivity index (χ0v) is 29.5. The van der Waals surface area contributed by atoms with E-state index in [9.17, 15) is 19.5 Å². The minimum absolute atomic E-state index is 0.0319. The summed E-state index contributed by atoms with van der Waals surface area (Å²) in [4.78, 5) is 41.4. The number of aryl methyl sites for hydroxylation is 2. The first kappa shape index (κ1) is 35.1. The predicted molar refractivity (Wildman–Crippen MR) is 191 cm³/mol. The Balaban J connectivity index is 1.46. The third kappa shape index (κ3) is 7.55. The molecule has 0 fully saturated rings. The molecule has 4 heterocycles. The first-order valence-electron chi connectivity index (χ1n) is 17.5. The van der Waals surface area contributed by atoms with E-state index in [2.05, 4.69) is 36.4 Å². The van der Waals surface area contributed by atoms with Crippen LogP contribution < -0.4 is 10.4 Å². The second kappa shape index (κ2) is 14.7. The van der Waals surface area contributed by atoms with Crippen LogP contribution in [0.15, 0.2) is 93.2 Å². The van der Waals surface area contributed by atoms with E-state index in [0.29, 0.717) is 52.7 Å². The van der Waals surface area contributed by atoms with Gasteiger partial charge in [0.25, 0.3) is 0 Å². The summed E-state index contributed by atoms with van der Waals surface area (Å²) in [5.74, 6) is -0.807. The molecule has 4 aromatic rings. The molecule has 3 aliphatic rings. The van der Waals surface area contributed by atoms with Crippen LogP contribution in [0.3, 0.4) is 0 Å². The smallest absolute Gasteiger partial charge is 0.339 e. The average molecular weight is 679 g/mol. The number of hydrogen-bond acceptors (Lipinski definition) is 8. The number of ether oxygens (including phenoxy) is 3. The summed E-state index contributed by atoms with van der Waals surface area (Å²) in [6.07, 6.45) is 1.04. The van der Waals surface area contributed by atoms with Gasteiger partial charge >= 0.3 is 17.6 Å². The number of aliphatic hydroxyl groups is 1. The molecule has 1 N–H and O–H groups in total. The van der Waals surface area contributed by atoms with Gasteiger partial charge in [0.2, 0.25) is 0 Å². The molecule has 50 heavy (non-hydrogen) atoms. The lowest BCUT2D eigenvalue weighted by molar-refractivity contribution is -0.188. The highest BCUT2D eigenvalue weighted by molar-refractivity contribution is 5.90. The van der Waals surface area contributed by atoms with Gasteiger partial charge in [-0.05, 0) is 105 Å². The lowest BCUT2D eigenvalue weighted by atomic mass is 9.86. The van der Waals surface area contributed by atoms with Crippen molar-refractivity contribution >= 4 is 22.9 Å². The quantitative estimate of drug-likeness (QED) is 0.130. The van der Waals surface area contributed by atoms with Crippen molar-refractivity contribution in [1.29, 1.82) is 0 Å². The first-order chi connectivity index (χ1) is 23.9. The number of benzene rings is 3. The van der Waals surface area contributed by atoms with Gasteiger partial charge in [-0.15, -0.1) is 0 Å². The van der Waals surface area contributed by atoms with Crippen LogP contribution >= 0.6 is 0 Å². The third-order valence-corrected chi connectivity index (χ3v) is 10.0. The number of esters is 2. The minimum Gasteiger partial charge on any atom is -0.483 e. The molecule has 7 rings (SSSR count). The standard InChI is InChI=1S/C42H46O8/c1-25(2)33-23-31-18-20-34-36(37(31)48-41(33)46)38-39(42(4,5)50-34)49-40(45)32(26(3)24-43)19-17-28-11-14-29(15-12-28)21-30(22-35(44)47-38)16-13-27-9-7-6-8-10-27/h6-12,14-15,18,20,23,25,30,38-39,43H,13,16-17,19,21-22,24H2,1-5H3/b32-26-/t30-,38+,39-/m0/s1. The normalized spacial score (nSPS) is 21.9. The molecule has 3 atom stereocenters. The Labute approximate surface area is 293 Å². The predicted octanol–water partition coefficient (Wildman–Crippen LogP) is 7.72. The van der Waals surface area contributed by atoms with Gasteiger partial charge < -0.3 is 23.7 Å². The molecule has 0 amide bonds. The van der Waals surface area contributed by atoms with Crippen molar-refractivity contribution in [1.82, 2.24) is 0 Å². The Morgan fingerprint density at radius 3 is 2.32 bits per heavy atom. The van der Waals surface area contributed by atoms with Crippen LogP contribution in [0.5, 0.6) is 5.75 Å². The third-order valence-electron chi connectivity index (χ3n) is 10.0. The Bertz CT molecular complexity index is 1950. The average Bonchev–Trinajstić information content (AvgIpc) is 3.08. The molecular formula is C42H46O8. The van der Waals surface area contributed by atoms with Crippen LogP contribution in [0.4, 0.5) is 0 Å². The number of carbonyl (C=O) groups is 2. The maximum absolute atomic E-state index is 14.1. The molecule has 0 unspecified atom stereocenters. The molecule has 8 nitrogen and oxygen atoms in total. The molecule has 2 bridgehead atoms. The Morgan fingerprint density at radius 2 is 1.62 bits per heavy atom. The van der Waals surface area contributed by atoms with Crippen LogP contribution in [-0.2, 0) is 38.3 Å². The van der Waals surface area contributed by atoms with Gasteiger partial charge in [-0.25, -0.2) is 9.59 Å². The molecule has 1 aromatic heterocycles. The highest BCUT2D eigenvalue weighted by Gasteiger charge is 2.50. The highest BCUT2D eigenvalue weighted by atomic mass is 16.6. The van der Waals surface area contributed by atoms with E-state index in [1.54, 1.807) is 32.9 Å².